The van der Waals surface area contributed by atoms with Gasteiger partial charge in [0.2, 0.25) is 0 Å². The highest BCUT2D eigenvalue weighted by Gasteiger charge is 2.24. The minimum atomic E-state index is 0.487. The zero-order chi connectivity index (χ0) is 13.4. The fourth-order valence-corrected chi connectivity index (χ4v) is 4.39. The van der Waals surface area contributed by atoms with Gasteiger partial charge in [-0.2, -0.15) is 11.8 Å². The summed E-state index contributed by atoms with van der Waals surface area (Å²) in [5.41, 5.74) is 2.01. The molecule has 0 spiro atoms. The maximum atomic E-state index is 5.50. The van der Waals surface area contributed by atoms with E-state index in [4.69, 9.17) is 12.2 Å². The minimum absolute atomic E-state index is 0.487. The summed E-state index contributed by atoms with van der Waals surface area (Å²) in [6.07, 6.45) is 9.05. The lowest BCUT2D eigenvalue weighted by molar-refractivity contribution is 0.364. The number of pyridine rings is 1. The van der Waals surface area contributed by atoms with Gasteiger partial charge in [-0.15, -0.1) is 0 Å². The van der Waals surface area contributed by atoms with Crippen molar-refractivity contribution >= 4 is 51.1 Å². The third kappa shape index (κ3) is 2.62. The van der Waals surface area contributed by atoms with Crippen LogP contribution in [0.15, 0.2) is 16.7 Å². The molecule has 1 saturated carbocycles. The van der Waals surface area contributed by atoms with Crippen molar-refractivity contribution in [2.24, 2.45) is 0 Å². The van der Waals surface area contributed by atoms with Crippen molar-refractivity contribution in [1.82, 2.24) is 14.5 Å². The van der Waals surface area contributed by atoms with E-state index in [0.29, 0.717) is 6.04 Å². The molecule has 3 nitrogen and oxygen atoms in total. The Hall–Kier alpha value is -0.330. The number of aromatic amines is 1. The summed E-state index contributed by atoms with van der Waals surface area (Å²) in [5.74, 6) is 0. The van der Waals surface area contributed by atoms with Gasteiger partial charge < -0.3 is 4.98 Å². The summed E-state index contributed by atoms with van der Waals surface area (Å²) in [5, 5.41) is 0.751. The molecule has 19 heavy (non-hydrogen) atoms. The Labute approximate surface area is 130 Å². The maximum Gasteiger partial charge on any atom is 0.179 e. The quantitative estimate of drug-likeness (QED) is 0.790. The molecule has 3 rings (SSSR count). The van der Waals surface area contributed by atoms with Crippen LogP contribution < -0.4 is 0 Å². The second kappa shape index (κ2) is 5.58. The Balaban J connectivity index is 2.04. The number of hydrogen-bond acceptors (Lipinski definition) is 3. The molecule has 0 amide bonds. The third-order valence-electron chi connectivity index (χ3n) is 3.82. The van der Waals surface area contributed by atoms with E-state index in [1.54, 1.807) is 0 Å². The maximum absolute atomic E-state index is 5.50. The Morgan fingerprint density at radius 3 is 3.16 bits per heavy atom. The number of rotatable bonds is 2. The standard InChI is InChI=1S/C13H16BrN3S2/c1-19-10-4-2-3-9(6-10)17-12-11(16-13(17)18)5-8(14)7-15-12/h5,7,9-10H,2-4,6H2,1H3,(H,16,18). The number of hydrogen-bond donors (Lipinski definition) is 1. The predicted molar refractivity (Wildman–Crippen MR) is 87.4 cm³/mol. The van der Waals surface area contributed by atoms with E-state index in [2.05, 4.69) is 36.7 Å². The normalized spacial score (nSPS) is 23.9. The average molecular weight is 358 g/mol. The Bertz CT molecular complexity index is 649. The zero-order valence-electron chi connectivity index (χ0n) is 10.7. The van der Waals surface area contributed by atoms with Gasteiger partial charge in [0.25, 0.3) is 0 Å². The van der Waals surface area contributed by atoms with E-state index in [1.165, 1.54) is 25.7 Å². The summed E-state index contributed by atoms with van der Waals surface area (Å²) < 4.78 is 4.00. The van der Waals surface area contributed by atoms with Crippen LogP contribution in [0.4, 0.5) is 0 Å². The first-order valence-corrected chi connectivity index (χ1v) is 8.96. The summed E-state index contributed by atoms with van der Waals surface area (Å²) in [6.45, 7) is 0. The fraction of sp³-hybridized carbons (Fsp3) is 0.538. The lowest BCUT2D eigenvalue weighted by atomic mass is 9.95. The number of aromatic nitrogens is 3. The highest BCUT2D eigenvalue weighted by Crippen LogP contribution is 2.35. The third-order valence-corrected chi connectivity index (χ3v) is 5.65. The molecular formula is C13H16BrN3S2. The fourth-order valence-electron chi connectivity index (χ4n) is 2.90. The number of halogens is 1. The number of nitrogens with zero attached hydrogens (tertiary/aromatic N) is 2. The molecule has 6 heteroatoms. The molecule has 1 aliphatic carbocycles. The molecule has 2 unspecified atom stereocenters. The van der Waals surface area contributed by atoms with Crippen LogP contribution >= 0.6 is 39.9 Å². The van der Waals surface area contributed by atoms with E-state index in [0.717, 1.165) is 25.7 Å². The van der Waals surface area contributed by atoms with Gasteiger partial charge in [0.15, 0.2) is 10.4 Å². The molecule has 0 radical (unpaired) electrons. The van der Waals surface area contributed by atoms with Crippen molar-refractivity contribution in [1.29, 1.82) is 0 Å². The van der Waals surface area contributed by atoms with E-state index < -0.39 is 0 Å². The molecule has 0 bridgehead atoms. The largest absolute Gasteiger partial charge is 0.329 e. The first-order chi connectivity index (χ1) is 9.19. The van der Waals surface area contributed by atoms with Crippen LogP contribution in [0.25, 0.3) is 11.2 Å². The van der Waals surface area contributed by atoms with Crippen molar-refractivity contribution in [3.63, 3.8) is 0 Å². The molecule has 0 aliphatic heterocycles. The SMILES string of the molecule is CSC1CCCC(n2c(=S)[nH]c3cc(Br)cnc32)C1. The van der Waals surface area contributed by atoms with Gasteiger partial charge in [0, 0.05) is 22.0 Å². The number of thioether (sulfide) groups is 1. The van der Waals surface area contributed by atoms with Crippen LogP contribution in [-0.2, 0) is 0 Å². The van der Waals surface area contributed by atoms with Gasteiger partial charge in [0.1, 0.15) is 0 Å². The van der Waals surface area contributed by atoms with E-state index >= 15 is 0 Å². The van der Waals surface area contributed by atoms with Crippen LogP contribution in [-0.4, -0.2) is 26.0 Å². The van der Waals surface area contributed by atoms with Crippen molar-refractivity contribution < 1.29 is 0 Å². The number of H-pyrrole nitrogens is 1. The summed E-state index contributed by atoms with van der Waals surface area (Å²) in [4.78, 5) is 7.82. The molecule has 102 valence electrons. The van der Waals surface area contributed by atoms with Crippen LogP contribution in [0.3, 0.4) is 0 Å². The predicted octanol–water partition coefficient (Wildman–Crippen LogP) is 4.70. The molecule has 2 aromatic rings. The van der Waals surface area contributed by atoms with Crippen LogP contribution in [0, 0.1) is 4.77 Å². The van der Waals surface area contributed by atoms with Gasteiger partial charge in [-0.1, -0.05) is 6.42 Å². The van der Waals surface area contributed by atoms with Crippen molar-refractivity contribution in [3.05, 3.63) is 21.5 Å². The Morgan fingerprint density at radius 2 is 2.37 bits per heavy atom. The zero-order valence-corrected chi connectivity index (χ0v) is 13.9. The number of imidazole rings is 1. The monoisotopic (exact) mass is 357 g/mol. The molecule has 0 aromatic carbocycles. The molecule has 2 aromatic heterocycles. The van der Waals surface area contributed by atoms with Crippen molar-refractivity contribution in [3.8, 4) is 0 Å². The van der Waals surface area contributed by atoms with Gasteiger partial charge in [-0.3, -0.25) is 4.57 Å². The average Bonchev–Trinajstić information content (AvgIpc) is 2.73. The molecule has 1 aliphatic rings. The number of fused-ring (bicyclic) bond motifs is 1. The number of nitrogens with one attached hydrogen (secondary N) is 1. The Kier molecular flexibility index (Phi) is 4.01. The molecular weight excluding hydrogens is 342 g/mol. The Morgan fingerprint density at radius 1 is 1.53 bits per heavy atom. The van der Waals surface area contributed by atoms with Gasteiger partial charge >= 0.3 is 0 Å². The summed E-state index contributed by atoms with van der Waals surface area (Å²) in [7, 11) is 0. The van der Waals surface area contributed by atoms with E-state index in [1.807, 2.05) is 24.0 Å². The smallest absolute Gasteiger partial charge is 0.179 e. The van der Waals surface area contributed by atoms with Crippen LogP contribution in [0.1, 0.15) is 31.7 Å². The molecule has 2 atom stereocenters. The first-order valence-electron chi connectivity index (χ1n) is 6.47. The molecule has 1 N–H and O–H groups in total. The highest BCUT2D eigenvalue weighted by atomic mass is 79.9. The minimum Gasteiger partial charge on any atom is -0.329 e. The van der Waals surface area contributed by atoms with Crippen LogP contribution in [0.5, 0.6) is 0 Å². The highest BCUT2D eigenvalue weighted by molar-refractivity contribution is 9.10. The second-order valence-electron chi connectivity index (χ2n) is 5.00. The summed E-state index contributed by atoms with van der Waals surface area (Å²) >= 11 is 10.9. The summed E-state index contributed by atoms with van der Waals surface area (Å²) in [6, 6.07) is 2.53. The molecule has 1 fully saturated rings. The van der Waals surface area contributed by atoms with Crippen molar-refractivity contribution in [2.75, 3.05) is 6.26 Å². The van der Waals surface area contributed by atoms with Crippen LogP contribution in [0.2, 0.25) is 0 Å². The first kappa shape index (κ1) is 13.6. The van der Waals surface area contributed by atoms with Gasteiger partial charge in [0.05, 0.1) is 5.52 Å². The van der Waals surface area contributed by atoms with Gasteiger partial charge in [-0.05, 0) is 59.7 Å². The van der Waals surface area contributed by atoms with E-state index in [-0.39, 0.29) is 0 Å². The molecule has 2 heterocycles. The van der Waals surface area contributed by atoms with Gasteiger partial charge in [-0.25, -0.2) is 4.98 Å². The lowest BCUT2D eigenvalue weighted by Crippen LogP contribution is -2.21. The lowest BCUT2D eigenvalue weighted by Gasteiger charge is -2.29. The molecule has 0 saturated heterocycles. The van der Waals surface area contributed by atoms with E-state index in [9.17, 15) is 0 Å². The van der Waals surface area contributed by atoms with Crippen molar-refractivity contribution in [2.45, 2.75) is 37.0 Å². The topological polar surface area (TPSA) is 33.6 Å². The second-order valence-corrected chi connectivity index (χ2v) is 7.44.